The zero-order chi connectivity index (χ0) is 20.3. The van der Waals surface area contributed by atoms with E-state index in [9.17, 15) is 4.79 Å². The number of carbonyl (C=O) groups is 1. The predicted molar refractivity (Wildman–Crippen MR) is 115 cm³/mol. The summed E-state index contributed by atoms with van der Waals surface area (Å²) in [4.78, 5) is 15.0. The molecule has 0 aliphatic carbocycles. The van der Waals surface area contributed by atoms with Gasteiger partial charge in [-0.2, -0.15) is 5.10 Å². The number of amides is 1. The number of hydrogen-bond donors (Lipinski definition) is 1. The van der Waals surface area contributed by atoms with Gasteiger partial charge in [-0.1, -0.05) is 42.5 Å². The van der Waals surface area contributed by atoms with Gasteiger partial charge in [0.2, 0.25) is 0 Å². The van der Waals surface area contributed by atoms with E-state index in [-0.39, 0.29) is 18.7 Å². The summed E-state index contributed by atoms with van der Waals surface area (Å²) in [7, 11) is 0. The molecule has 3 saturated heterocycles. The molecule has 1 atom stereocenters. The molecule has 0 spiro atoms. The van der Waals surface area contributed by atoms with Gasteiger partial charge in [0, 0.05) is 18.8 Å². The van der Waals surface area contributed by atoms with Gasteiger partial charge in [-0.3, -0.25) is 4.79 Å². The van der Waals surface area contributed by atoms with E-state index < -0.39 is 0 Å². The van der Waals surface area contributed by atoms with Gasteiger partial charge in [0.1, 0.15) is 11.4 Å². The molecule has 6 nitrogen and oxygen atoms in total. The van der Waals surface area contributed by atoms with Crippen LogP contribution in [0.3, 0.4) is 0 Å². The quantitative estimate of drug-likeness (QED) is 0.687. The van der Waals surface area contributed by atoms with Crippen LogP contribution in [0.25, 0.3) is 11.1 Å². The molecule has 0 saturated carbocycles. The average molecular weight is 402 g/mol. The first kappa shape index (κ1) is 18.9. The Balaban J connectivity index is 1.16. The van der Waals surface area contributed by atoms with Gasteiger partial charge < -0.3 is 15.0 Å². The maximum absolute atomic E-state index is 12.6. The normalized spacial score (nSPS) is 22.6. The summed E-state index contributed by atoms with van der Waals surface area (Å²) in [5.41, 5.74) is 2.76. The van der Waals surface area contributed by atoms with Crippen LogP contribution >= 0.6 is 0 Å². The number of hydrogen-bond acceptors (Lipinski definition) is 4. The number of piperidine rings is 3. The number of aromatic nitrogens is 2. The van der Waals surface area contributed by atoms with Crippen molar-refractivity contribution in [2.75, 3.05) is 19.6 Å². The highest BCUT2D eigenvalue weighted by Crippen LogP contribution is 2.27. The molecule has 4 heterocycles. The molecule has 1 aromatic heterocycles. The van der Waals surface area contributed by atoms with Crippen molar-refractivity contribution in [2.24, 2.45) is 5.92 Å². The van der Waals surface area contributed by atoms with E-state index in [1.54, 1.807) is 16.9 Å². The molecule has 1 N–H and O–H groups in total. The van der Waals surface area contributed by atoms with Gasteiger partial charge in [0.25, 0.3) is 5.91 Å². The highest BCUT2D eigenvalue weighted by Gasteiger charge is 2.35. The number of carbonyl (C=O) groups excluding carboxylic acids is 1. The molecule has 1 amide bonds. The first-order valence-corrected chi connectivity index (χ1v) is 10.6. The topological polar surface area (TPSA) is 59.4 Å². The number of ether oxygens (including phenoxy) is 1. The van der Waals surface area contributed by atoms with Crippen molar-refractivity contribution in [1.82, 2.24) is 20.0 Å². The van der Waals surface area contributed by atoms with E-state index in [2.05, 4.69) is 27.4 Å². The molecule has 154 valence electrons. The summed E-state index contributed by atoms with van der Waals surface area (Å²) in [6.45, 7) is 3.54. The van der Waals surface area contributed by atoms with Crippen molar-refractivity contribution >= 4 is 5.91 Å². The van der Waals surface area contributed by atoms with Gasteiger partial charge in [0.05, 0.1) is 0 Å². The Morgan fingerprint density at radius 3 is 2.43 bits per heavy atom. The third kappa shape index (κ3) is 4.09. The van der Waals surface area contributed by atoms with Crippen LogP contribution in [0.15, 0.2) is 66.9 Å². The van der Waals surface area contributed by atoms with Crippen molar-refractivity contribution in [1.29, 1.82) is 0 Å². The van der Waals surface area contributed by atoms with Crippen molar-refractivity contribution in [3.8, 4) is 16.9 Å². The van der Waals surface area contributed by atoms with Gasteiger partial charge in [0.15, 0.2) is 6.73 Å². The van der Waals surface area contributed by atoms with E-state index in [4.69, 9.17) is 4.74 Å². The molecule has 0 radical (unpaired) electrons. The van der Waals surface area contributed by atoms with Crippen LogP contribution in [0, 0.1) is 5.92 Å². The molecule has 3 aliphatic rings. The number of nitrogens with zero attached hydrogens (tertiary/aromatic N) is 3. The van der Waals surface area contributed by atoms with Gasteiger partial charge >= 0.3 is 0 Å². The number of fused-ring (bicyclic) bond motifs is 3. The van der Waals surface area contributed by atoms with E-state index in [0.29, 0.717) is 11.6 Å². The monoisotopic (exact) mass is 402 g/mol. The highest BCUT2D eigenvalue weighted by atomic mass is 16.5. The number of rotatable bonds is 6. The van der Waals surface area contributed by atoms with Crippen LogP contribution in [-0.2, 0) is 6.73 Å². The molecule has 2 aromatic carbocycles. The van der Waals surface area contributed by atoms with E-state index in [0.717, 1.165) is 30.9 Å². The van der Waals surface area contributed by atoms with Crippen LogP contribution in [0.2, 0.25) is 0 Å². The maximum Gasteiger partial charge on any atom is 0.272 e. The molecule has 30 heavy (non-hydrogen) atoms. The summed E-state index contributed by atoms with van der Waals surface area (Å²) < 4.78 is 7.48. The Bertz CT molecular complexity index is 992. The van der Waals surface area contributed by atoms with Gasteiger partial charge in [-0.05, 0) is 61.2 Å². The lowest BCUT2D eigenvalue weighted by Crippen LogP contribution is -2.57. The predicted octanol–water partition coefficient (Wildman–Crippen LogP) is 3.41. The summed E-state index contributed by atoms with van der Waals surface area (Å²) in [6, 6.07) is 20.2. The second kappa shape index (κ2) is 8.32. The summed E-state index contributed by atoms with van der Waals surface area (Å²) >= 11 is 0. The fourth-order valence-corrected chi connectivity index (χ4v) is 4.44. The van der Waals surface area contributed by atoms with Crippen LogP contribution < -0.4 is 10.1 Å². The van der Waals surface area contributed by atoms with E-state index in [1.165, 1.54) is 18.4 Å². The van der Waals surface area contributed by atoms with E-state index in [1.807, 2.05) is 42.5 Å². The van der Waals surface area contributed by atoms with Crippen molar-refractivity contribution in [3.05, 3.63) is 72.6 Å². The SMILES string of the molecule is O=C(NC1CN2CCC1CC2)c1ccn(COc2ccc(-c3ccccc3)cc2)n1. The lowest BCUT2D eigenvalue weighted by atomic mass is 9.84. The second-order valence-electron chi connectivity index (χ2n) is 8.12. The molecule has 1 unspecified atom stereocenters. The Hall–Kier alpha value is -3.12. The zero-order valence-corrected chi connectivity index (χ0v) is 16.9. The summed E-state index contributed by atoms with van der Waals surface area (Å²) in [6.07, 6.45) is 4.14. The third-order valence-electron chi connectivity index (χ3n) is 6.17. The zero-order valence-electron chi connectivity index (χ0n) is 16.9. The first-order chi connectivity index (χ1) is 14.7. The molecule has 6 heteroatoms. The Morgan fingerprint density at radius 2 is 1.73 bits per heavy atom. The largest absolute Gasteiger partial charge is 0.471 e. The Labute approximate surface area is 176 Å². The maximum atomic E-state index is 12.6. The summed E-state index contributed by atoms with van der Waals surface area (Å²) in [5.74, 6) is 1.27. The molecule has 3 aliphatic heterocycles. The minimum Gasteiger partial charge on any atom is -0.471 e. The van der Waals surface area contributed by atoms with E-state index >= 15 is 0 Å². The highest BCUT2D eigenvalue weighted by molar-refractivity contribution is 5.92. The van der Waals surface area contributed by atoms with Crippen molar-refractivity contribution in [2.45, 2.75) is 25.6 Å². The fraction of sp³-hybridized carbons (Fsp3) is 0.333. The fourth-order valence-electron chi connectivity index (χ4n) is 4.44. The average Bonchev–Trinajstić information content (AvgIpc) is 3.29. The van der Waals surface area contributed by atoms with Gasteiger partial charge in [-0.15, -0.1) is 0 Å². The molecule has 6 rings (SSSR count). The molecule has 2 bridgehead atoms. The van der Waals surface area contributed by atoms with Crippen LogP contribution in [0.1, 0.15) is 23.3 Å². The standard InChI is InChI=1S/C24H26N4O2/c29-24(25-23-16-27-13-10-20(23)11-14-27)22-12-15-28(26-22)17-30-21-8-6-19(7-9-21)18-4-2-1-3-5-18/h1-9,12,15,20,23H,10-11,13-14,16-17H2,(H,25,29). The number of benzene rings is 2. The minimum atomic E-state index is -0.0975. The Morgan fingerprint density at radius 1 is 1.00 bits per heavy atom. The van der Waals surface area contributed by atoms with Gasteiger partial charge in [-0.25, -0.2) is 4.68 Å². The van der Waals surface area contributed by atoms with Crippen molar-refractivity contribution in [3.63, 3.8) is 0 Å². The Kier molecular flexibility index (Phi) is 5.24. The third-order valence-corrected chi connectivity index (χ3v) is 6.17. The molecular weight excluding hydrogens is 376 g/mol. The lowest BCUT2D eigenvalue weighted by molar-refractivity contribution is 0.0617. The van der Waals surface area contributed by atoms with Crippen LogP contribution in [0.5, 0.6) is 5.75 Å². The molecular formula is C24H26N4O2. The molecule has 3 aromatic rings. The van der Waals surface area contributed by atoms with Crippen LogP contribution in [0.4, 0.5) is 0 Å². The second-order valence-corrected chi connectivity index (χ2v) is 8.12. The first-order valence-electron chi connectivity index (χ1n) is 10.6. The summed E-state index contributed by atoms with van der Waals surface area (Å²) in [5, 5.41) is 7.56. The van der Waals surface area contributed by atoms with Crippen molar-refractivity contribution < 1.29 is 9.53 Å². The number of nitrogens with one attached hydrogen (secondary N) is 1. The smallest absolute Gasteiger partial charge is 0.272 e. The minimum absolute atomic E-state index is 0.0975. The van der Waals surface area contributed by atoms with Crippen LogP contribution in [-0.4, -0.2) is 46.3 Å². The lowest BCUT2D eigenvalue weighted by Gasteiger charge is -2.44. The molecule has 3 fully saturated rings.